The van der Waals surface area contributed by atoms with Crippen LogP contribution in [0.25, 0.3) is 0 Å². The van der Waals surface area contributed by atoms with Crippen LogP contribution in [-0.2, 0) is 4.79 Å². The van der Waals surface area contributed by atoms with Gasteiger partial charge in [-0.1, -0.05) is 25.4 Å². The van der Waals surface area contributed by atoms with Crippen LogP contribution in [0.2, 0.25) is 5.02 Å². The summed E-state index contributed by atoms with van der Waals surface area (Å²) in [6.45, 7) is 6.66. The fraction of sp³-hybridized carbons (Fsp3) is 0.389. The quantitative estimate of drug-likeness (QED) is 0.837. The maximum atomic E-state index is 12.1. The Hall–Kier alpha value is -2.70. The molecule has 0 atom stereocenters. The lowest BCUT2D eigenvalue weighted by molar-refractivity contribution is -0.134. The third kappa shape index (κ3) is 4.65. The van der Waals surface area contributed by atoms with Gasteiger partial charge in [-0.25, -0.2) is 0 Å². The van der Waals surface area contributed by atoms with E-state index in [0.717, 1.165) is 18.8 Å². The third-order valence-electron chi connectivity index (χ3n) is 4.00. The van der Waals surface area contributed by atoms with Crippen molar-refractivity contribution in [3.8, 4) is 12.1 Å². The maximum Gasteiger partial charge on any atom is 0.225 e. The Morgan fingerprint density at radius 3 is 2.40 bits per heavy atom. The topological polar surface area (TPSA) is 83.2 Å². The fourth-order valence-electron chi connectivity index (χ4n) is 2.63. The summed E-state index contributed by atoms with van der Waals surface area (Å²) in [5.41, 5.74) is 1.60. The SMILES string of the molecule is CC(C)C(=O)N1CCN(c2ccc(NC=C(C#N)C#N)cc2Cl)CC1. The Morgan fingerprint density at radius 1 is 1.24 bits per heavy atom. The lowest BCUT2D eigenvalue weighted by Gasteiger charge is -2.37. The lowest BCUT2D eigenvalue weighted by atomic mass is 10.1. The molecule has 0 aliphatic carbocycles. The molecule has 1 aromatic carbocycles. The van der Waals surface area contributed by atoms with E-state index in [2.05, 4.69) is 10.2 Å². The number of halogens is 1. The van der Waals surface area contributed by atoms with Gasteiger partial charge in [0, 0.05) is 44.0 Å². The summed E-state index contributed by atoms with van der Waals surface area (Å²) in [7, 11) is 0. The number of carbonyl (C=O) groups excluding carboxylic acids is 1. The van der Waals surface area contributed by atoms with E-state index in [1.807, 2.05) is 30.9 Å². The highest BCUT2D eigenvalue weighted by Crippen LogP contribution is 2.30. The number of hydrogen-bond donors (Lipinski definition) is 1. The van der Waals surface area contributed by atoms with Crippen molar-refractivity contribution in [2.24, 2.45) is 5.92 Å². The van der Waals surface area contributed by atoms with Crippen molar-refractivity contribution < 1.29 is 4.79 Å². The van der Waals surface area contributed by atoms with E-state index in [1.54, 1.807) is 18.2 Å². The van der Waals surface area contributed by atoms with E-state index in [4.69, 9.17) is 22.1 Å². The van der Waals surface area contributed by atoms with E-state index < -0.39 is 0 Å². The van der Waals surface area contributed by atoms with Crippen molar-refractivity contribution in [3.63, 3.8) is 0 Å². The molecule has 2 rings (SSSR count). The number of benzene rings is 1. The van der Waals surface area contributed by atoms with Gasteiger partial charge in [0.15, 0.2) is 0 Å². The molecule has 1 heterocycles. The van der Waals surface area contributed by atoms with Crippen molar-refractivity contribution in [2.45, 2.75) is 13.8 Å². The van der Waals surface area contributed by atoms with Gasteiger partial charge in [0.05, 0.1) is 10.7 Å². The Labute approximate surface area is 152 Å². The highest BCUT2D eigenvalue weighted by Gasteiger charge is 2.23. The summed E-state index contributed by atoms with van der Waals surface area (Å²) in [5, 5.41) is 20.9. The molecule has 25 heavy (non-hydrogen) atoms. The van der Waals surface area contributed by atoms with Crippen LogP contribution in [0.4, 0.5) is 11.4 Å². The Balaban J connectivity index is 2.03. The second kappa shape index (κ2) is 8.41. The van der Waals surface area contributed by atoms with Crippen LogP contribution in [0.1, 0.15) is 13.8 Å². The van der Waals surface area contributed by atoms with Gasteiger partial charge in [-0.05, 0) is 18.2 Å². The highest BCUT2D eigenvalue weighted by molar-refractivity contribution is 6.33. The number of nitrogens with zero attached hydrogens (tertiary/aromatic N) is 4. The first-order valence-electron chi connectivity index (χ1n) is 8.06. The molecule has 6 nitrogen and oxygen atoms in total. The molecule has 7 heteroatoms. The molecule has 1 amide bonds. The molecule has 1 aliphatic heterocycles. The van der Waals surface area contributed by atoms with Crippen LogP contribution >= 0.6 is 11.6 Å². The van der Waals surface area contributed by atoms with Gasteiger partial charge in [0.1, 0.15) is 17.7 Å². The molecule has 1 saturated heterocycles. The number of amides is 1. The summed E-state index contributed by atoms with van der Waals surface area (Å²) >= 11 is 6.38. The van der Waals surface area contributed by atoms with Crippen molar-refractivity contribution in [1.82, 2.24) is 4.90 Å². The minimum absolute atomic E-state index is 0.00820. The van der Waals surface area contributed by atoms with Gasteiger partial charge in [0.25, 0.3) is 0 Å². The van der Waals surface area contributed by atoms with Crippen molar-refractivity contribution in [2.75, 3.05) is 36.4 Å². The number of carbonyl (C=O) groups is 1. The van der Waals surface area contributed by atoms with Crippen LogP contribution in [0, 0.1) is 28.6 Å². The molecule has 0 unspecified atom stereocenters. The molecule has 0 bridgehead atoms. The number of nitrogens with one attached hydrogen (secondary N) is 1. The minimum Gasteiger partial charge on any atom is -0.367 e. The number of nitriles is 2. The van der Waals surface area contributed by atoms with Crippen molar-refractivity contribution in [1.29, 1.82) is 10.5 Å². The molecule has 130 valence electrons. The van der Waals surface area contributed by atoms with E-state index >= 15 is 0 Å². The zero-order valence-electron chi connectivity index (χ0n) is 14.3. The number of hydrogen-bond acceptors (Lipinski definition) is 5. The fourth-order valence-corrected chi connectivity index (χ4v) is 2.93. The normalized spacial score (nSPS) is 13.8. The molecule has 0 aromatic heterocycles. The summed E-state index contributed by atoms with van der Waals surface area (Å²) < 4.78 is 0. The molecule has 1 aromatic rings. The van der Waals surface area contributed by atoms with Crippen LogP contribution in [0.15, 0.2) is 30.0 Å². The predicted octanol–water partition coefficient (Wildman–Crippen LogP) is 2.99. The van der Waals surface area contributed by atoms with Crippen LogP contribution in [0.5, 0.6) is 0 Å². The van der Waals surface area contributed by atoms with Crippen LogP contribution in [0.3, 0.4) is 0 Å². The molecule has 1 aliphatic rings. The average Bonchev–Trinajstić information content (AvgIpc) is 2.62. The summed E-state index contributed by atoms with van der Waals surface area (Å²) in [4.78, 5) is 16.1. The second-order valence-corrected chi connectivity index (χ2v) is 6.47. The van der Waals surface area contributed by atoms with Gasteiger partial charge in [0.2, 0.25) is 5.91 Å². The molecular formula is C18H20ClN5O. The van der Waals surface area contributed by atoms with E-state index in [-0.39, 0.29) is 17.4 Å². The molecule has 1 N–H and O–H groups in total. The zero-order valence-corrected chi connectivity index (χ0v) is 15.0. The minimum atomic E-state index is -0.00820. The molecule has 0 radical (unpaired) electrons. The predicted molar refractivity (Wildman–Crippen MR) is 98.0 cm³/mol. The first-order valence-corrected chi connectivity index (χ1v) is 8.44. The number of rotatable bonds is 4. The summed E-state index contributed by atoms with van der Waals surface area (Å²) in [6.07, 6.45) is 1.35. The van der Waals surface area contributed by atoms with Gasteiger partial charge >= 0.3 is 0 Å². The molecular weight excluding hydrogens is 338 g/mol. The second-order valence-electron chi connectivity index (χ2n) is 6.06. The third-order valence-corrected chi connectivity index (χ3v) is 4.30. The average molecular weight is 358 g/mol. The lowest BCUT2D eigenvalue weighted by Crippen LogP contribution is -2.50. The number of allylic oxidation sites excluding steroid dienone is 1. The Bertz CT molecular complexity index is 736. The van der Waals surface area contributed by atoms with Gasteiger partial charge in [-0.3, -0.25) is 4.79 Å². The number of anilines is 2. The Kier molecular flexibility index (Phi) is 6.27. The van der Waals surface area contributed by atoms with Crippen LogP contribution in [-0.4, -0.2) is 37.0 Å². The number of piperazine rings is 1. The van der Waals surface area contributed by atoms with Crippen molar-refractivity contribution in [3.05, 3.63) is 35.0 Å². The van der Waals surface area contributed by atoms with Gasteiger partial charge < -0.3 is 15.1 Å². The summed E-state index contributed by atoms with van der Waals surface area (Å²) in [5.74, 6) is 0.197. The molecule has 1 fully saturated rings. The monoisotopic (exact) mass is 357 g/mol. The summed E-state index contributed by atoms with van der Waals surface area (Å²) in [6, 6.07) is 9.07. The van der Waals surface area contributed by atoms with E-state index in [0.29, 0.717) is 23.8 Å². The first kappa shape index (κ1) is 18.6. The van der Waals surface area contributed by atoms with E-state index in [9.17, 15) is 4.79 Å². The zero-order chi connectivity index (χ0) is 18.4. The smallest absolute Gasteiger partial charge is 0.225 e. The first-order chi connectivity index (χ1) is 12.0. The van der Waals surface area contributed by atoms with Crippen molar-refractivity contribution >= 4 is 28.9 Å². The van der Waals surface area contributed by atoms with Crippen LogP contribution < -0.4 is 10.2 Å². The largest absolute Gasteiger partial charge is 0.367 e. The maximum absolute atomic E-state index is 12.1. The van der Waals surface area contributed by atoms with Gasteiger partial charge in [-0.2, -0.15) is 10.5 Å². The highest BCUT2D eigenvalue weighted by atomic mass is 35.5. The van der Waals surface area contributed by atoms with E-state index in [1.165, 1.54) is 6.20 Å². The molecule has 0 spiro atoms. The Morgan fingerprint density at radius 2 is 1.88 bits per heavy atom. The standard InChI is InChI=1S/C18H20ClN5O/c1-13(2)18(25)24-7-5-23(6-8-24)17-4-3-15(9-16(17)19)22-12-14(10-20)11-21/h3-4,9,12-13,22H,5-8H2,1-2H3. The molecule has 0 saturated carbocycles. The van der Waals surface area contributed by atoms with Gasteiger partial charge in [-0.15, -0.1) is 0 Å².